The van der Waals surface area contributed by atoms with Gasteiger partial charge in [0.05, 0.1) is 24.8 Å². The van der Waals surface area contributed by atoms with E-state index in [1.54, 1.807) is 0 Å². The lowest BCUT2D eigenvalue weighted by Crippen LogP contribution is -2.54. The summed E-state index contributed by atoms with van der Waals surface area (Å²) in [6.45, 7) is 0. The molecule has 2 rings (SSSR count). The van der Waals surface area contributed by atoms with Crippen LogP contribution < -0.4 is 5.32 Å². The molecule has 1 heterocycles. The summed E-state index contributed by atoms with van der Waals surface area (Å²) in [4.78, 5) is 12.2. The summed E-state index contributed by atoms with van der Waals surface area (Å²) in [5, 5.41) is 21.3. The molecule has 1 aromatic carbocycles. The molecule has 0 saturated heterocycles. The highest BCUT2D eigenvalue weighted by Crippen LogP contribution is 2.34. The van der Waals surface area contributed by atoms with Crippen LogP contribution in [0.3, 0.4) is 0 Å². The van der Waals surface area contributed by atoms with Crippen molar-refractivity contribution < 1.29 is 9.53 Å². The van der Waals surface area contributed by atoms with Crippen molar-refractivity contribution in [2.24, 2.45) is 5.92 Å². The van der Waals surface area contributed by atoms with E-state index in [4.69, 9.17) is 10.00 Å². The van der Waals surface area contributed by atoms with Gasteiger partial charge in [-0.3, -0.25) is 0 Å². The van der Waals surface area contributed by atoms with Crippen LogP contribution in [0.5, 0.6) is 0 Å². The van der Waals surface area contributed by atoms with Crippen molar-refractivity contribution in [3.05, 3.63) is 47.7 Å². The lowest BCUT2D eigenvalue weighted by atomic mass is 9.78. The Labute approximate surface area is 117 Å². The minimum Gasteiger partial charge on any atom is -0.467 e. The first-order valence-electron chi connectivity index (χ1n) is 6.07. The molecule has 0 fully saturated rings. The minimum absolute atomic E-state index is 0.244. The highest BCUT2D eigenvalue weighted by molar-refractivity contribution is 5.84. The maximum atomic E-state index is 12.2. The molecule has 0 radical (unpaired) electrons. The van der Waals surface area contributed by atoms with E-state index in [2.05, 4.69) is 5.32 Å². The number of nitrogens with zero attached hydrogens (tertiary/aromatic N) is 2. The zero-order valence-electron chi connectivity index (χ0n) is 11.0. The average Bonchev–Trinajstić information content (AvgIpc) is 2.86. The van der Waals surface area contributed by atoms with Gasteiger partial charge in [-0.2, -0.15) is 10.5 Å². The summed E-state index contributed by atoms with van der Waals surface area (Å²) in [7, 11) is 1.27. The van der Waals surface area contributed by atoms with Crippen LogP contribution in [0.25, 0.3) is 0 Å². The number of nitrogens with one attached hydrogen (secondary N) is 1. The third-order valence-corrected chi connectivity index (χ3v) is 3.42. The van der Waals surface area contributed by atoms with Gasteiger partial charge in [0.25, 0.3) is 0 Å². The lowest BCUT2D eigenvalue weighted by molar-refractivity contribution is -0.148. The minimum atomic E-state index is -1.24. The van der Waals surface area contributed by atoms with Gasteiger partial charge in [0.2, 0.25) is 0 Å². The highest BCUT2D eigenvalue weighted by Gasteiger charge is 2.52. The van der Waals surface area contributed by atoms with E-state index in [0.717, 1.165) is 5.56 Å². The number of carbonyl (C=O) groups excluding carboxylic acids is 1. The molecule has 0 bridgehead atoms. The van der Waals surface area contributed by atoms with Crippen LogP contribution in [0.2, 0.25) is 0 Å². The molecule has 0 spiro atoms. The van der Waals surface area contributed by atoms with Gasteiger partial charge in [0, 0.05) is 12.6 Å². The molecule has 0 aromatic heterocycles. The number of ether oxygens (including phenoxy) is 1. The quantitative estimate of drug-likeness (QED) is 0.834. The van der Waals surface area contributed by atoms with E-state index in [0.29, 0.717) is 0 Å². The Hall–Kier alpha value is -2.79. The van der Waals surface area contributed by atoms with E-state index in [1.165, 1.54) is 13.3 Å². The third kappa shape index (κ3) is 2.10. The molecule has 1 N–H and O–H groups in total. The molecule has 0 aliphatic carbocycles. The first-order valence-corrected chi connectivity index (χ1v) is 6.07. The number of nitriles is 2. The Balaban J connectivity index is 2.42. The molecule has 100 valence electrons. The van der Waals surface area contributed by atoms with Crippen LogP contribution in [-0.4, -0.2) is 18.6 Å². The number of methoxy groups -OCH3 is 1. The zero-order chi connectivity index (χ0) is 14.6. The molecule has 0 amide bonds. The SMILES string of the molecule is COC(=O)[C@@]1(Cc2ccccc2)NC=C(C#N)[C@H]1C#N. The molecule has 1 aliphatic rings. The number of esters is 1. The Kier molecular flexibility index (Phi) is 3.72. The standard InChI is InChI=1S/C15H13N3O2/c1-20-14(19)15(7-11-5-3-2-4-6-11)13(9-17)12(8-16)10-18-15/h2-6,10,13,18H,7H2,1H3/t13-,15+/m1/s1. The normalized spacial score (nSPS) is 23.9. The van der Waals surface area contributed by atoms with Gasteiger partial charge in [0.15, 0.2) is 5.54 Å². The van der Waals surface area contributed by atoms with Crippen molar-refractivity contribution in [3.63, 3.8) is 0 Å². The first kappa shape index (κ1) is 13.6. The topological polar surface area (TPSA) is 85.9 Å². The Morgan fingerprint density at radius 1 is 1.40 bits per heavy atom. The van der Waals surface area contributed by atoms with Crippen molar-refractivity contribution in [3.8, 4) is 12.1 Å². The van der Waals surface area contributed by atoms with Crippen LogP contribution in [-0.2, 0) is 16.0 Å². The number of carbonyl (C=O) groups is 1. The van der Waals surface area contributed by atoms with Gasteiger partial charge in [-0.05, 0) is 5.56 Å². The fraction of sp³-hybridized carbons (Fsp3) is 0.267. The second-order valence-corrected chi connectivity index (χ2v) is 4.54. The average molecular weight is 267 g/mol. The molecule has 0 unspecified atom stereocenters. The van der Waals surface area contributed by atoms with Crippen molar-refractivity contribution in [1.82, 2.24) is 5.32 Å². The summed E-state index contributed by atoms with van der Waals surface area (Å²) in [6, 6.07) is 13.3. The third-order valence-electron chi connectivity index (χ3n) is 3.42. The number of benzene rings is 1. The van der Waals surface area contributed by atoms with E-state index in [1.807, 2.05) is 42.5 Å². The van der Waals surface area contributed by atoms with Gasteiger partial charge < -0.3 is 10.1 Å². The molecule has 5 nitrogen and oxygen atoms in total. The second kappa shape index (κ2) is 5.46. The van der Waals surface area contributed by atoms with Gasteiger partial charge >= 0.3 is 5.97 Å². The maximum Gasteiger partial charge on any atom is 0.333 e. The molecular weight excluding hydrogens is 254 g/mol. The maximum absolute atomic E-state index is 12.2. The highest BCUT2D eigenvalue weighted by atomic mass is 16.5. The summed E-state index contributed by atoms with van der Waals surface area (Å²) in [5.41, 5.74) is -0.109. The van der Waals surface area contributed by atoms with E-state index in [-0.39, 0.29) is 12.0 Å². The lowest BCUT2D eigenvalue weighted by Gasteiger charge is -2.30. The van der Waals surface area contributed by atoms with Crippen molar-refractivity contribution in [2.75, 3.05) is 7.11 Å². The van der Waals surface area contributed by atoms with Crippen LogP contribution in [0.4, 0.5) is 0 Å². The molecule has 0 saturated carbocycles. The number of hydrogen-bond donors (Lipinski definition) is 1. The first-order chi connectivity index (χ1) is 9.67. The van der Waals surface area contributed by atoms with Crippen LogP contribution in [0.1, 0.15) is 5.56 Å². The van der Waals surface area contributed by atoms with Crippen LogP contribution in [0, 0.1) is 28.6 Å². The smallest absolute Gasteiger partial charge is 0.333 e. The molecule has 5 heteroatoms. The molecule has 1 aliphatic heterocycles. The van der Waals surface area contributed by atoms with Crippen LogP contribution >= 0.6 is 0 Å². The second-order valence-electron chi connectivity index (χ2n) is 4.54. The molecule has 1 aromatic rings. The van der Waals surface area contributed by atoms with Gasteiger partial charge in [-0.25, -0.2) is 4.79 Å². The predicted octanol–water partition coefficient (Wildman–Crippen LogP) is 1.29. The van der Waals surface area contributed by atoms with Crippen molar-refractivity contribution >= 4 is 5.97 Å². The summed E-state index contributed by atoms with van der Waals surface area (Å²) >= 11 is 0. The van der Waals surface area contributed by atoms with Gasteiger partial charge in [0.1, 0.15) is 5.92 Å². The monoisotopic (exact) mass is 267 g/mol. The van der Waals surface area contributed by atoms with Gasteiger partial charge in [-0.1, -0.05) is 30.3 Å². The molecule has 2 atom stereocenters. The van der Waals surface area contributed by atoms with E-state index >= 15 is 0 Å². The Morgan fingerprint density at radius 3 is 2.65 bits per heavy atom. The summed E-state index contributed by atoms with van der Waals surface area (Å²) < 4.78 is 4.84. The number of hydrogen-bond acceptors (Lipinski definition) is 5. The Morgan fingerprint density at radius 2 is 2.10 bits per heavy atom. The molecular formula is C15H13N3O2. The van der Waals surface area contributed by atoms with E-state index in [9.17, 15) is 10.1 Å². The Bertz CT molecular complexity index is 625. The van der Waals surface area contributed by atoms with Crippen molar-refractivity contribution in [1.29, 1.82) is 10.5 Å². The van der Waals surface area contributed by atoms with Crippen LogP contribution in [0.15, 0.2) is 42.1 Å². The predicted molar refractivity (Wildman–Crippen MR) is 70.8 cm³/mol. The largest absolute Gasteiger partial charge is 0.467 e. The molecule has 20 heavy (non-hydrogen) atoms. The number of rotatable bonds is 3. The zero-order valence-corrected chi connectivity index (χ0v) is 11.0. The van der Waals surface area contributed by atoms with Gasteiger partial charge in [-0.15, -0.1) is 0 Å². The summed E-state index contributed by atoms with van der Waals surface area (Å²) in [6.07, 6.45) is 1.70. The fourth-order valence-electron chi connectivity index (χ4n) is 2.42. The van der Waals surface area contributed by atoms with Crippen molar-refractivity contribution in [2.45, 2.75) is 12.0 Å². The van der Waals surface area contributed by atoms with E-state index < -0.39 is 17.4 Å². The fourth-order valence-corrected chi connectivity index (χ4v) is 2.42. The summed E-state index contributed by atoms with van der Waals surface area (Å²) in [5.74, 6) is -1.41.